The van der Waals surface area contributed by atoms with E-state index in [2.05, 4.69) is 10.1 Å². The number of benzene rings is 2. The highest BCUT2D eigenvalue weighted by molar-refractivity contribution is 5.88. The number of aromatic nitrogens is 1. The number of rotatable bonds is 8. The average molecular weight is 394 g/mol. The summed E-state index contributed by atoms with van der Waals surface area (Å²) in [5.74, 6) is -0.340. The SMILES string of the molecule is COC(=O)COc1cccc2c(=O)n(CC(=O)NCCc3ccccc3)ccc12. The van der Waals surface area contributed by atoms with Crippen molar-refractivity contribution >= 4 is 22.6 Å². The molecule has 0 atom stereocenters. The molecule has 1 amide bonds. The number of amides is 1. The van der Waals surface area contributed by atoms with Gasteiger partial charge in [0.05, 0.1) is 12.5 Å². The standard InChI is InChI=1S/C22H22N2O5/c1-28-21(26)15-29-19-9-5-8-18-17(19)11-13-24(22(18)27)14-20(25)23-12-10-16-6-3-2-4-7-16/h2-9,11,13H,10,12,14-15H2,1H3,(H,23,25). The second-order valence-electron chi connectivity index (χ2n) is 6.42. The number of fused-ring (bicyclic) bond motifs is 1. The van der Waals surface area contributed by atoms with Crippen LogP contribution in [0.5, 0.6) is 5.75 Å². The van der Waals surface area contributed by atoms with Crippen molar-refractivity contribution in [3.63, 3.8) is 0 Å². The van der Waals surface area contributed by atoms with Gasteiger partial charge < -0.3 is 19.4 Å². The smallest absolute Gasteiger partial charge is 0.343 e. The van der Waals surface area contributed by atoms with Gasteiger partial charge in [-0.3, -0.25) is 9.59 Å². The highest BCUT2D eigenvalue weighted by atomic mass is 16.6. The molecule has 0 saturated heterocycles. The number of carbonyl (C=O) groups excluding carboxylic acids is 2. The Morgan fingerprint density at radius 1 is 1.00 bits per heavy atom. The summed E-state index contributed by atoms with van der Waals surface area (Å²) in [6, 6.07) is 16.5. The molecule has 7 nitrogen and oxygen atoms in total. The third-order valence-electron chi connectivity index (χ3n) is 4.44. The van der Waals surface area contributed by atoms with E-state index in [0.717, 1.165) is 12.0 Å². The monoisotopic (exact) mass is 394 g/mol. The van der Waals surface area contributed by atoms with Gasteiger partial charge in [0.2, 0.25) is 5.91 Å². The van der Waals surface area contributed by atoms with Crippen molar-refractivity contribution in [2.75, 3.05) is 20.3 Å². The van der Waals surface area contributed by atoms with Crippen LogP contribution in [0.2, 0.25) is 0 Å². The average Bonchev–Trinajstić information content (AvgIpc) is 2.74. The molecule has 0 aliphatic heterocycles. The highest BCUT2D eigenvalue weighted by Gasteiger charge is 2.11. The second kappa shape index (κ2) is 9.54. The highest BCUT2D eigenvalue weighted by Crippen LogP contribution is 2.23. The van der Waals surface area contributed by atoms with E-state index in [1.54, 1.807) is 30.5 Å². The molecule has 0 bridgehead atoms. The van der Waals surface area contributed by atoms with Crippen molar-refractivity contribution < 1.29 is 19.1 Å². The molecule has 0 spiro atoms. The zero-order valence-electron chi connectivity index (χ0n) is 16.1. The fourth-order valence-corrected chi connectivity index (χ4v) is 2.94. The number of carbonyl (C=O) groups is 2. The molecule has 0 fully saturated rings. The maximum Gasteiger partial charge on any atom is 0.343 e. The minimum absolute atomic E-state index is 0.0726. The fraction of sp³-hybridized carbons (Fsp3) is 0.227. The maximum absolute atomic E-state index is 12.7. The Balaban J connectivity index is 1.67. The number of nitrogens with zero attached hydrogens (tertiary/aromatic N) is 1. The molecule has 2 aromatic carbocycles. The van der Waals surface area contributed by atoms with E-state index in [0.29, 0.717) is 23.1 Å². The fourth-order valence-electron chi connectivity index (χ4n) is 2.94. The van der Waals surface area contributed by atoms with Crippen molar-refractivity contribution in [2.24, 2.45) is 0 Å². The lowest BCUT2D eigenvalue weighted by Gasteiger charge is -2.11. The van der Waals surface area contributed by atoms with E-state index in [9.17, 15) is 14.4 Å². The van der Waals surface area contributed by atoms with Crippen LogP contribution in [0.15, 0.2) is 65.6 Å². The first-order valence-electron chi connectivity index (χ1n) is 9.21. The quantitative estimate of drug-likeness (QED) is 0.590. The number of hydrogen-bond acceptors (Lipinski definition) is 5. The molecular formula is C22H22N2O5. The molecule has 29 heavy (non-hydrogen) atoms. The number of pyridine rings is 1. The molecule has 1 heterocycles. The molecule has 0 saturated carbocycles. The van der Waals surface area contributed by atoms with Gasteiger partial charge in [0.1, 0.15) is 12.3 Å². The number of esters is 1. The first kappa shape index (κ1) is 20.1. The summed E-state index contributed by atoms with van der Waals surface area (Å²) in [6.45, 7) is 0.177. The normalized spacial score (nSPS) is 10.5. The van der Waals surface area contributed by atoms with Gasteiger partial charge in [0.25, 0.3) is 5.56 Å². The van der Waals surface area contributed by atoms with Crippen LogP contribution in [0.1, 0.15) is 5.56 Å². The molecule has 3 aromatic rings. The second-order valence-corrected chi connectivity index (χ2v) is 6.42. The summed E-state index contributed by atoms with van der Waals surface area (Å²) < 4.78 is 11.3. The molecule has 0 aliphatic rings. The van der Waals surface area contributed by atoms with Crippen LogP contribution in [-0.2, 0) is 27.3 Å². The lowest BCUT2D eigenvalue weighted by atomic mass is 10.1. The van der Waals surface area contributed by atoms with Gasteiger partial charge in [-0.05, 0) is 30.2 Å². The lowest BCUT2D eigenvalue weighted by Crippen LogP contribution is -2.33. The molecule has 150 valence electrons. The molecular weight excluding hydrogens is 372 g/mol. The van der Waals surface area contributed by atoms with Gasteiger partial charge in [-0.2, -0.15) is 0 Å². The van der Waals surface area contributed by atoms with Gasteiger partial charge in [0, 0.05) is 18.1 Å². The van der Waals surface area contributed by atoms with Crippen LogP contribution in [0.25, 0.3) is 10.8 Å². The van der Waals surface area contributed by atoms with Gasteiger partial charge in [-0.15, -0.1) is 0 Å². The summed E-state index contributed by atoms with van der Waals surface area (Å²) in [5, 5.41) is 3.81. The van der Waals surface area contributed by atoms with Crippen LogP contribution in [-0.4, -0.2) is 36.7 Å². The molecule has 1 aromatic heterocycles. The summed E-state index contributed by atoms with van der Waals surface area (Å²) in [5.41, 5.74) is 0.833. The van der Waals surface area contributed by atoms with E-state index in [1.165, 1.54) is 11.7 Å². The Bertz CT molecular complexity index is 1060. The minimum atomic E-state index is -0.512. The predicted octanol–water partition coefficient (Wildman–Crippen LogP) is 1.91. The van der Waals surface area contributed by atoms with Gasteiger partial charge >= 0.3 is 5.97 Å². The zero-order chi connectivity index (χ0) is 20.6. The summed E-state index contributed by atoms with van der Waals surface area (Å²) in [4.78, 5) is 36.2. The number of ether oxygens (including phenoxy) is 2. The molecule has 0 aliphatic carbocycles. The topological polar surface area (TPSA) is 86.6 Å². The first-order valence-corrected chi connectivity index (χ1v) is 9.21. The Hall–Kier alpha value is -3.61. The van der Waals surface area contributed by atoms with Crippen LogP contribution in [0.4, 0.5) is 0 Å². The van der Waals surface area contributed by atoms with E-state index in [4.69, 9.17) is 4.74 Å². The predicted molar refractivity (Wildman–Crippen MR) is 109 cm³/mol. The summed E-state index contributed by atoms with van der Waals surface area (Å²) >= 11 is 0. The number of methoxy groups -OCH3 is 1. The Kier molecular flexibility index (Phi) is 6.63. The van der Waals surface area contributed by atoms with Crippen LogP contribution >= 0.6 is 0 Å². The summed E-state index contributed by atoms with van der Waals surface area (Å²) in [7, 11) is 1.28. The van der Waals surface area contributed by atoms with Crippen LogP contribution < -0.4 is 15.6 Å². The third kappa shape index (κ3) is 5.22. The molecule has 1 N–H and O–H groups in total. The van der Waals surface area contributed by atoms with Gasteiger partial charge in [0.15, 0.2) is 6.61 Å². The van der Waals surface area contributed by atoms with E-state index >= 15 is 0 Å². The van der Waals surface area contributed by atoms with Crippen LogP contribution in [0.3, 0.4) is 0 Å². The van der Waals surface area contributed by atoms with Gasteiger partial charge in [-0.25, -0.2) is 4.79 Å². The van der Waals surface area contributed by atoms with Crippen molar-refractivity contribution in [2.45, 2.75) is 13.0 Å². The Morgan fingerprint density at radius 2 is 1.79 bits per heavy atom. The molecule has 3 rings (SSSR count). The molecule has 0 radical (unpaired) electrons. The Labute approximate surface area is 167 Å². The van der Waals surface area contributed by atoms with Crippen molar-refractivity contribution in [3.05, 3.63) is 76.7 Å². The van der Waals surface area contributed by atoms with Crippen molar-refractivity contribution in [1.29, 1.82) is 0 Å². The van der Waals surface area contributed by atoms with Crippen molar-refractivity contribution in [3.8, 4) is 5.75 Å². The van der Waals surface area contributed by atoms with Gasteiger partial charge in [-0.1, -0.05) is 36.4 Å². The third-order valence-corrected chi connectivity index (χ3v) is 4.44. The number of nitrogens with one attached hydrogen (secondary N) is 1. The molecule has 7 heteroatoms. The lowest BCUT2D eigenvalue weighted by molar-refractivity contribution is -0.142. The van der Waals surface area contributed by atoms with Crippen molar-refractivity contribution in [1.82, 2.24) is 9.88 Å². The van der Waals surface area contributed by atoms with E-state index < -0.39 is 5.97 Å². The number of hydrogen-bond donors (Lipinski definition) is 1. The minimum Gasteiger partial charge on any atom is -0.481 e. The van der Waals surface area contributed by atoms with Crippen LogP contribution in [0, 0.1) is 0 Å². The maximum atomic E-state index is 12.7. The first-order chi connectivity index (χ1) is 14.1. The van der Waals surface area contributed by atoms with E-state index in [-0.39, 0.29) is 24.6 Å². The summed E-state index contributed by atoms with van der Waals surface area (Å²) in [6.07, 6.45) is 2.27. The molecule has 0 unspecified atom stereocenters. The largest absolute Gasteiger partial charge is 0.481 e. The van der Waals surface area contributed by atoms with E-state index in [1.807, 2.05) is 30.3 Å². The Morgan fingerprint density at radius 3 is 2.55 bits per heavy atom. The zero-order valence-corrected chi connectivity index (χ0v) is 16.1.